The van der Waals surface area contributed by atoms with Crippen LogP contribution in [0.3, 0.4) is 0 Å². The number of halogens is 1. The van der Waals surface area contributed by atoms with Gasteiger partial charge in [-0.2, -0.15) is 0 Å². The van der Waals surface area contributed by atoms with Crippen molar-refractivity contribution in [2.45, 2.75) is 52.0 Å². The van der Waals surface area contributed by atoms with Crippen LogP contribution in [0.4, 0.5) is 0 Å². The maximum Gasteiger partial charge on any atom is 0.191 e. The molecule has 0 amide bonds. The number of nitrogens with zero attached hydrogens (tertiary/aromatic N) is 4. The SMILES string of the molecule is CCNC(=NCCc1nnc2n1CCCCC2)NCCc1ccccc1.I. The number of guanidine groups is 1. The number of fused-ring (bicyclic) bond motifs is 1. The van der Waals surface area contributed by atoms with Crippen LogP contribution >= 0.6 is 24.0 Å². The maximum atomic E-state index is 4.71. The van der Waals surface area contributed by atoms with Crippen LogP contribution in [0, 0.1) is 0 Å². The molecule has 6 nitrogen and oxygen atoms in total. The Bertz CT molecular complexity index is 698. The van der Waals surface area contributed by atoms with Crippen LogP contribution in [0.1, 0.15) is 43.4 Å². The topological polar surface area (TPSA) is 67.1 Å². The Morgan fingerprint density at radius 3 is 2.74 bits per heavy atom. The number of hydrogen-bond acceptors (Lipinski definition) is 3. The van der Waals surface area contributed by atoms with Gasteiger partial charge in [0.25, 0.3) is 0 Å². The van der Waals surface area contributed by atoms with Crippen LogP contribution in [0.25, 0.3) is 0 Å². The lowest BCUT2D eigenvalue weighted by Crippen LogP contribution is -2.38. The zero-order valence-corrected chi connectivity index (χ0v) is 18.5. The van der Waals surface area contributed by atoms with Crippen molar-refractivity contribution in [2.75, 3.05) is 19.6 Å². The Morgan fingerprint density at radius 2 is 1.93 bits per heavy atom. The van der Waals surface area contributed by atoms with E-state index >= 15 is 0 Å². The molecule has 0 aliphatic carbocycles. The van der Waals surface area contributed by atoms with Crippen molar-refractivity contribution in [3.63, 3.8) is 0 Å². The highest BCUT2D eigenvalue weighted by Gasteiger charge is 2.14. The highest BCUT2D eigenvalue weighted by atomic mass is 127. The first-order valence-electron chi connectivity index (χ1n) is 9.84. The normalized spacial score (nSPS) is 14.0. The molecule has 3 rings (SSSR count). The number of aryl methyl sites for hydroxylation is 1. The summed E-state index contributed by atoms with van der Waals surface area (Å²) < 4.78 is 2.30. The fourth-order valence-electron chi connectivity index (χ4n) is 3.31. The van der Waals surface area contributed by atoms with Crippen LogP contribution in [-0.4, -0.2) is 40.4 Å². The molecule has 0 saturated heterocycles. The van der Waals surface area contributed by atoms with Gasteiger partial charge < -0.3 is 15.2 Å². The van der Waals surface area contributed by atoms with Gasteiger partial charge in [0.1, 0.15) is 11.6 Å². The van der Waals surface area contributed by atoms with Crippen LogP contribution in [-0.2, 0) is 25.8 Å². The van der Waals surface area contributed by atoms with E-state index in [4.69, 9.17) is 4.99 Å². The number of hydrogen-bond donors (Lipinski definition) is 2. The first-order valence-corrected chi connectivity index (χ1v) is 9.84. The van der Waals surface area contributed by atoms with Gasteiger partial charge in [0.05, 0.1) is 0 Å². The molecule has 7 heteroatoms. The second kappa shape index (κ2) is 11.9. The molecule has 1 aliphatic heterocycles. The average Bonchev–Trinajstić information content (AvgIpc) is 2.89. The molecule has 0 spiro atoms. The van der Waals surface area contributed by atoms with Crippen molar-refractivity contribution in [2.24, 2.45) is 4.99 Å². The van der Waals surface area contributed by atoms with E-state index in [-0.39, 0.29) is 24.0 Å². The minimum Gasteiger partial charge on any atom is -0.357 e. The molecule has 1 aromatic carbocycles. The number of aliphatic imine (C=N–C) groups is 1. The van der Waals surface area contributed by atoms with Gasteiger partial charge in [-0.25, -0.2) is 0 Å². The van der Waals surface area contributed by atoms with E-state index in [2.05, 4.69) is 56.6 Å². The summed E-state index contributed by atoms with van der Waals surface area (Å²) in [5.41, 5.74) is 1.34. The Labute approximate surface area is 179 Å². The summed E-state index contributed by atoms with van der Waals surface area (Å²) in [6.45, 7) is 5.59. The van der Waals surface area contributed by atoms with Gasteiger partial charge in [0.15, 0.2) is 5.96 Å². The average molecular weight is 482 g/mol. The smallest absolute Gasteiger partial charge is 0.191 e. The molecule has 0 saturated carbocycles. The lowest BCUT2D eigenvalue weighted by molar-refractivity contribution is 0.604. The van der Waals surface area contributed by atoms with Crippen molar-refractivity contribution in [3.05, 3.63) is 47.5 Å². The van der Waals surface area contributed by atoms with Crippen molar-refractivity contribution in [1.82, 2.24) is 25.4 Å². The highest BCUT2D eigenvalue weighted by Crippen LogP contribution is 2.14. The number of aromatic nitrogens is 3. The van der Waals surface area contributed by atoms with E-state index in [9.17, 15) is 0 Å². The van der Waals surface area contributed by atoms with Gasteiger partial charge in [-0.15, -0.1) is 34.2 Å². The molecule has 0 unspecified atom stereocenters. The lowest BCUT2D eigenvalue weighted by atomic mass is 10.1. The van der Waals surface area contributed by atoms with Crippen molar-refractivity contribution < 1.29 is 0 Å². The fourth-order valence-corrected chi connectivity index (χ4v) is 3.31. The van der Waals surface area contributed by atoms with E-state index in [1.807, 2.05) is 6.07 Å². The van der Waals surface area contributed by atoms with Gasteiger partial charge in [0, 0.05) is 39.0 Å². The summed E-state index contributed by atoms with van der Waals surface area (Å²) in [5, 5.41) is 15.5. The molecular formula is C20H31IN6. The second-order valence-electron chi connectivity index (χ2n) is 6.67. The van der Waals surface area contributed by atoms with Gasteiger partial charge in [0.2, 0.25) is 0 Å². The number of rotatable bonds is 7. The van der Waals surface area contributed by atoms with Crippen LogP contribution in [0.2, 0.25) is 0 Å². The van der Waals surface area contributed by atoms with Crippen molar-refractivity contribution in [3.8, 4) is 0 Å². The maximum absolute atomic E-state index is 4.71. The molecular weight excluding hydrogens is 451 g/mol. The third kappa shape index (κ3) is 6.79. The fraction of sp³-hybridized carbons (Fsp3) is 0.550. The van der Waals surface area contributed by atoms with E-state index in [0.29, 0.717) is 0 Å². The quantitative estimate of drug-likeness (QED) is 0.362. The van der Waals surface area contributed by atoms with Crippen molar-refractivity contribution >= 4 is 29.9 Å². The third-order valence-electron chi connectivity index (χ3n) is 4.68. The van der Waals surface area contributed by atoms with Gasteiger partial charge in [-0.05, 0) is 31.7 Å². The molecule has 0 atom stereocenters. The van der Waals surface area contributed by atoms with Crippen LogP contribution < -0.4 is 10.6 Å². The molecule has 2 heterocycles. The largest absolute Gasteiger partial charge is 0.357 e. The van der Waals surface area contributed by atoms with Gasteiger partial charge >= 0.3 is 0 Å². The summed E-state index contributed by atoms with van der Waals surface area (Å²) in [4.78, 5) is 4.71. The minimum absolute atomic E-state index is 0. The highest BCUT2D eigenvalue weighted by molar-refractivity contribution is 14.0. The zero-order valence-electron chi connectivity index (χ0n) is 16.2. The molecule has 148 valence electrons. The second-order valence-corrected chi connectivity index (χ2v) is 6.67. The lowest BCUT2D eigenvalue weighted by Gasteiger charge is -2.11. The number of benzene rings is 1. The molecule has 2 aromatic rings. The molecule has 0 fully saturated rings. The molecule has 27 heavy (non-hydrogen) atoms. The van der Waals surface area contributed by atoms with Gasteiger partial charge in [-0.1, -0.05) is 36.8 Å². The molecule has 2 N–H and O–H groups in total. The summed E-state index contributed by atoms with van der Waals surface area (Å²) in [6, 6.07) is 10.5. The Kier molecular flexibility index (Phi) is 9.58. The van der Waals surface area contributed by atoms with Crippen molar-refractivity contribution in [1.29, 1.82) is 0 Å². The Morgan fingerprint density at radius 1 is 1.07 bits per heavy atom. The van der Waals surface area contributed by atoms with Crippen LogP contribution in [0.5, 0.6) is 0 Å². The monoisotopic (exact) mass is 482 g/mol. The molecule has 0 radical (unpaired) electrons. The van der Waals surface area contributed by atoms with E-state index in [0.717, 1.165) is 63.0 Å². The molecule has 0 bridgehead atoms. The predicted molar refractivity (Wildman–Crippen MR) is 121 cm³/mol. The summed E-state index contributed by atoms with van der Waals surface area (Å²) >= 11 is 0. The molecule has 1 aromatic heterocycles. The Hall–Kier alpha value is -1.64. The summed E-state index contributed by atoms with van der Waals surface area (Å²) in [7, 11) is 0. The minimum atomic E-state index is 0. The molecule has 1 aliphatic rings. The van der Waals surface area contributed by atoms with Gasteiger partial charge in [-0.3, -0.25) is 4.99 Å². The first kappa shape index (κ1) is 21.7. The Balaban J connectivity index is 0.00000261. The van der Waals surface area contributed by atoms with E-state index in [1.54, 1.807) is 0 Å². The van der Waals surface area contributed by atoms with E-state index in [1.165, 1.54) is 24.8 Å². The number of nitrogens with one attached hydrogen (secondary N) is 2. The predicted octanol–water partition coefficient (Wildman–Crippen LogP) is 2.96. The third-order valence-corrected chi connectivity index (χ3v) is 4.68. The summed E-state index contributed by atoms with van der Waals surface area (Å²) in [5.74, 6) is 3.10. The zero-order chi connectivity index (χ0) is 18.0. The summed E-state index contributed by atoms with van der Waals surface area (Å²) in [6.07, 6.45) is 6.62. The van der Waals surface area contributed by atoms with Crippen LogP contribution in [0.15, 0.2) is 35.3 Å². The first-order chi connectivity index (χ1) is 12.9. The van der Waals surface area contributed by atoms with E-state index < -0.39 is 0 Å². The standard InChI is InChI=1S/C20H30N6.HI/c1-2-21-20(22-14-12-17-9-5-3-6-10-17)23-15-13-19-25-24-18-11-7-4-8-16-26(18)19;/h3,5-6,9-10H,2,4,7-8,11-16H2,1H3,(H2,21,22,23);1H.